The van der Waals surface area contributed by atoms with Gasteiger partial charge in [-0.3, -0.25) is 10.3 Å². The van der Waals surface area contributed by atoms with Gasteiger partial charge in [0.05, 0.1) is 6.61 Å². The Kier molecular flexibility index (Phi) is 9.28. The van der Waals surface area contributed by atoms with E-state index in [9.17, 15) is 8.42 Å². The van der Waals surface area contributed by atoms with E-state index in [4.69, 9.17) is 4.74 Å². The van der Waals surface area contributed by atoms with Crippen molar-refractivity contribution >= 4 is 10.0 Å². The van der Waals surface area contributed by atoms with Crippen molar-refractivity contribution < 1.29 is 13.2 Å². The van der Waals surface area contributed by atoms with Crippen molar-refractivity contribution in [2.24, 2.45) is 35.5 Å². The van der Waals surface area contributed by atoms with E-state index >= 15 is 0 Å². The molecule has 0 bridgehead atoms. The first-order valence-corrected chi connectivity index (χ1v) is 17.2. The number of fused-ring (bicyclic) bond motifs is 1. The van der Waals surface area contributed by atoms with E-state index in [1.807, 2.05) is 18.3 Å². The van der Waals surface area contributed by atoms with Gasteiger partial charge in [-0.15, -0.1) is 0 Å². The first-order valence-electron chi connectivity index (χ1n) is 15.7. The van der Waals surface area contributed by atoms with Gasteiger partial charge in [-0.1, -0.05) is 45.8 Å². The zero-order chi connectivity index (χ0) is 27.0. The highest BCUT2D eigenvalue weighted by molar-refractivity contribution is 7.89. The summed E-state index contributed by atoms with van der Waals surface area (Å²) in [6.45, 7) is 13.2. The summed E-state index contributed by atoms with van der Waals surface area (Å²) >= 11 is 0. The van der Waals surface area contributed by atoms with Crippen molar-refractivity contribution in [3.05, 3.63) is 12.2 Å². The van der Waals surface area contributed by atoms with E-state index in [0.29, 0.717) is 37.5 Å². The Hall–Kier alpha value is -0.510. The van der Waals surface area contributed by atoms with Crippen LogP contribution in [0.5, 0.6) is 0 Å². The number of nitrogens with zero attached hydrogens (tertiary/aromatic N) is 3. The van der Waals surface area contributed by atoms with E-state index in [0.717, 1.165) is 43.4 Å². The van der Waals surface area contributed by atoms with Crippen LogP contribution in [-0.2, 0) is 14.8 Å². The number of hydrogen-bond acceptors (Lipinski definition) is 6. The van der Waals surface area contributed by atoms with Crippen LogP contribution < -0.4 is 5.43 Å². The van der Waals surface area contributed by atoms with Crippen molar-refractivity contribution in [3.63, 3.8) is 0 Å². The summed E-state index contributed by atoms with van der Waals surface area (Å²) < 4.78 is 35.4. The molecule has 3 heterocycles. The van der Waals surface area contributed by atoms with Crippen molar-refractivity contribution in [2.45, 2.75) is 96.0 Å². The van der Waals surface area contributed by atoms with Crippen LogP contribution >= 0.6 is 0 Å². The number of ether oxygens (including phenoxy) is 1. The molecule has 7 nitrogen and oxygen atoms in total. The Bertz CT molecular complexity index is 920. The van der Waals surface area contributed by atoms with Gasteiger partial charge in [-0.05, 0) is 74.5 Å². The number of sulfonamides is 1. The highest BCUT2D eigenvalue weighted by atomic mass is 32.2. The summed E-state index contributed by atoms with van der Waals surface area (Å²) in [7, 11) is -1.60. The predicted octanol–water partition coefficient (Wildman–Crippen LogP) is 3.98. The van der Waals surface area contributed by atoms with Crippen LogP contribution in [0.15, 0.2) is 12.2 Å². The van der Waals surface area contributed by atoms with Crippen LogP contribution in [0.3, 0.4) is 0 Å². The second kappa shape index (κ2) is 12.2. The monoisotopic (exact) mass is 550 g/mol. The van der Waals surface area contributed by atoms with Crippen molar-refractivity contribution in [1.82, 2.24) is 19.6 Å². The number of hydrazine groups is 1. The van der Waals surface area contributed by atoms with Crippen LogP contribution in [0.4, 0.5) is 0 Å². The summed E-state index contributed by atoms with van der Waals surface area (Å²) in [6, 6.07) is 0.668. The molecule has 0 amide bonds. The minimum Gasteiger partial charge on any atom is -0.383 e. The summed E-state index contributed by atoms with van der Waals surface area (Å²) in [4.78, 5) is 2.54. The van der Waals surface area contributed by atoms with Gasteiger partial charge in [0.15, 0.2) is 0 Å². The lowest BCUT2D eigenvalue weighted by Crippen LogP contribution is -2.71. The van der Waals surface area contributed by atoms with Gasteiger partial charge in [-0.2, -0.15) is 4.31 Å². The normalized spacial score (nSPS) is 44.7. The second-order valence-electron chi connectivity index (χ2n) is 13.2. The molecule has 8 atom stereocenters. The van der Waals surface area contributed by atoms with Crippen LogP contribution in [0, 0.1) is 35.5 Å². The Morgan fingerprint density at radius 1 is 0.974 bits per heavy atom. The summed E-state index contributed by atoms with van der Waals surface area (Å²) in [5.74, 6) is 4.72. The molecule has 0 spiro atoms. The van der Waals surface area contributed by atoms with E-state index in [-0.39, 0.29) is 12.1 Å². The van der Waals surface area contributed by atoms with Gasteiger partial charge < -0.3 is 4.74 Å². The van der Waals surface area contributed by atoms with Crippen molar-refractivity contribution in [3.8, 4) is 0 Å². The Balaban J connectivity index is 1.29. The molecule has 1 N–H and O–H groups in total. The predicted molar refractivity (Wildman–Crippen MR) is 154 cm³/mol. The minimum absolute atomic E-state index is 0.0193. The molecule has 0 aromatic rings. The standard InChI is InChI=1S/C30H54N4O3S/c1-6-34-23(4)29(18-31-34)38(35,36)32-16-7-8-17-33-27(19-32)30(28(33)20-37-5)25-14-12-24(13-15-25)26-11-9-10-21(2)22(26)3/h7-8,21-31H,6,9-20H2,1-5H3/b8-7-/t21?,22?,23?,24?,25?,26?,27?,28-,29?,30+/m1/s1. The molecular weight excluding hydrogens is 496 g/mol. The Labute approximate surface area is 232 Å². The third-order valence-electron chi connectivity index (χ3n) is 11.6. The summed E-state index contributed by atoms with van der Waals surface area (Å²) in [6.07, 6.45) is 13.8. The lowest BCUT2D eigenvalue weighted by atomic mass is 9.60. The average Bonchev–Trinajstić information content (AvgIpc) is 3.28. The van der Waals surface area contributed by atoms with Gasteiger partial charge in [0.1, 0.15) is 5.25 Å². The van der Waals surface area contributed by atoms with Crippen LogP contribution in [-0.4, -0.2) is 92.4 Å². The molecule has 3 aliphatic heterocycles. The maximum absolute atomic E-state index is 13.9. The fourth-order valence-electron chi connectivity index (χ4n) is 9.14. The Morgan fingerprint density at radius 2 is 1.68 bits per heavy atom. The van der Waals surface area contributed by atoms with E-state index in [1.54, 1.807) is 0 Å². The van der Waals surface area contributed by atoms with Crippen LogP contribution in [0.1, 0.15) is 72.6 Å². The molecular formula is C30H54N4O3S. The number of hydrogen-bond donors (Lipinski definition) is 1. The number of methoxy groups -OCH3 is 1. The van der Waals surface area contributed by atoms with Crippen LogP contribution in [0.2, 0.25) is 0 Å². The van der Waals surface area contributed by atoms with E-state index in [1.165, 1.54) is 44.9 Å². The van der Waals surface area contributed by atoms with Gasteiger partial charge in [0.2, 0.25) is 10.0 Å². The minimum atomic E-state index is -3.41. The average molecular weight is 551 g/mol. The molecule has 8 heteroatoms. The van der Waals surface area contributed by atoms with Gasteiger partial charge >= 0.3 is 0 Å². The molecule has 5 rings (SSSR count). The molecule has 4 fully saturated rings. The van der Waals surface area contributed by atoms with Crippen molar-refractivity contribution in [2.75, 3.05) is 46.4 Å². The van der Waals surface area contributed by atoms with Crippen molar-refractivity contribution in [1.29, 1.82) is 0 Å². The first kappa shape index (κ1) is 29.0. The molecule has 0 aromatic heterocycles. The van der Waals surface area contributed by atoms with E-state index in [2.05, 4.69) is 48.3 Å². The fraction of sp³-hybridized carbons (Fsp3) is 0.933. The highest BCUT2D eigenvalue weighted by Crippen LogP contribution is 2.50. The summed E-state index contributed by atoms with van der Waals surface area (Å²) in [5, 5.41) is 1.67. The molecule has 218 valence electrons. The van der Waals surface area contributed by atoms with Gasteiger partial charge in [0, 0.05) is 58.0 Å². The fourth-order valence-corrected chi connectivity index (χ4v) is 11.1. The third kappa shape index (κ3) is 5.39. The van der Waals surface area contributed by atoms with Crippen LogP contribution in [0.25, 0.3) is 0 Å². The van der Waals surface area contributed by atoms with Gasteiger partial charge in [0.25, 0.3) is 0 Å². The maximum atomic E-state index is 13.9. The third-order valence-corrected chi connectivity index (χ3v) is 13.9. The number of nitrogens with one attached hydrogen (secondary N) is 1. The maximum Gasteiger partial charge on any atom is 0.220 e. The number of rotatable bonds is 7. The molecule has 5 aliphatic rings. The highest BCUT2D eigenvalue weighted by Gasteiger charge is 2.54. The second-order valence-corrected chi connectivity index (χ2v) is 15.4. The lowest BCUT2D eigenvalue weighted by Gasteiger charge is -2.60. The lowest BCUT2D eigenvalue weighted by molar-refractivity contribution is -0.119. The molecule has 2 saturated heterocycles. The quantitative estimate of drug-likeness (QED) is 0.484. The van der Waals surface area contributed by atoms with E-state index < -0.39 is 15.3 Å². The molecule has 0 aromatic carbocycles. The first-order chi connectivity index (χ1) is 18.3. The molecule has 38 heavy (non-hydrogen) atoms. The zero-order valence-corrected chi connectivity index (χ0v) is 25.4. The topological polar surface area (TPSA) is 65.1 Å². The summed E-state index contributed by atoms with van der Waals surface area (Å²) in [5.41, 5.74) is 3.32. The molecule has 6 unspecified atom stereocenters. The molecule has 0 radical (unpaired) electrons. The SMILES string of the molecule is CCN1NCC(S(=O)(=O)N2C/C=C\CN3C(C2)[C@H](C2CCC(C4CCCC(C)C4C)CC2)[C@H]3COC)C1C. The van der Waals surface area contributed by atoms with Gasteiger partial charge in [-0.25, -0.2) is 13.4 Å². The molecule has 2 saturated carbocycles. The smallest absolute Gasteiger partial charge is 0.220 e. The largest absolute Gasteiger partial charge is 0.383 e. The molecule has 2 aliphatic carbocycles. The zero-order valence-electron chi connectivity index (χ0n) is 24.6. The Morgan fingerprint density at radius 3 is 2.37 bits per heavy atom.